The topological polar surface area (TPSA) is 54.4 Å². The average Bonchev–Trinajstić information content (AvgIpc) is 3.21. The largest absolute Gasteiger partial charge is 0.454 e. The molecular formula is C17H19N3O3S. The SMILES string of the molecule is CCN1CCN(C2=NC(=O)/C(=C/c3ccc4c(c3)OCO4)S2)CC1. The average molecular weight is 345 g/mol. The van der Waals surface area contributed by atoms with E-state index in [-0.39, 0.29) is 12.7 Å². The maximum Gasteiger partial charge on any atom is 0.286 e. The first-order valence-corrected chi connectivity index (χ1v) is 8.94. The van der Waals surface area contributed by atoms with Gasteiger partial charge in [-0.3, -0.25) is 4.79 Å². The number of aliphatic imine (C=N–C) groups is 1. The van der Waals surface area contributed by atoms with Crippen molar-refractivity contribution in [3.05, 3.63) is 28.7 Å². The Bertz CT molecular complexity index is 724. The number of piperazine rings is 1. The number of fused-ring (bicyclic) bond motifs is 1. The predicted octanol–water partition coefficient (Wildman–Crippen LogP) is 2.02. The van der Waals surface area contributed by atoms with Crippen LogP contribution in [0.4, 0.5) is 0 Å². The molecule has 0 saturated carbocycles. The van der Waals surface area contributed by atoms with Gasteiger partial charge in [-0.25, -0.2) is 0 Å². The van der Waals surface area contributed by atoms with Gasteiger partial charge in [-0.05, 0) is 42.1 Å². The fourth-order valence-corrected chi connectivity index (χ4v) is 3.91. The second-order valence-corrected chi connectivity index (χ2v) is 6.85. The van der Waals surface area contributed by atoms with Gasteiger partial charge >= 0.3 is 0 Å². The lowest BCUT2D eigenvalue weighted by Crippen LogP contribution is -2.47. The van der Waals surface area contributed by atoms with Crippen LogP contribution in [0, 0.1) is 0 Å². The second kappa shape index (κ2) is 6.49. The number of hydrogen-bond acceptors (Lipinski definition) is 6. The van der Waals surface area contributed by atoms with Crippen molar-refractivity contribution in [2.75, 3.05) is 39.5 Å². The molecule has 1 aromatic carbocycles. The van der Waals surface area contributed by atoms with Crippen LogP contribution in [0.1, 0.15) is 12.5 Å². The van der Waals surface area contributed by atoms with E-state index in [4.69, 9.17) is 9.47 Å². The van der Waals surface area contributed by atoms with Crippen molar-refractivity contribution in [3.8, 4) is 11.5 Å². The molecule has 0 N–H and O–H groups in total. The van der Waals surface area contributed by atoms with Crippen LogP contribution in [-0.2, 0) is 4.79 Å². The highest BCUT2D eigenvalue weighted by molar-refractivity contribution is 8.18. The molecule has 3 heterocycles. The molecule has 126 valence electrons. The Labute approximate surface area is 145 Å². The van der Waals surface area contributed by atoms with E-state index >= 15 is 0 Å². The van der Waals surface area contributed by atoms with Crippen LogP contribution in [0.25, 0.3) is 6.08 Å². The Kier molecular flexibility index (Phi) is 4.20. The number of thioether (sulfide) groups is 1. The minimum atomic E-state index is -0.161. The van der Waals surface area contributed by atoms with E-state index in [0.717, 1.165) is 55.0 Å². The minimum absolute atomic E-state index is 0.161. The van der Waals surface area contributed by atoms with Gasteiger partial charge in [0.2, 0.25) is 6.79 Å². The first-order valence-electron chi connectivity index (χ1n) is 8.12. The molecule has 0 aromatic heterocycles. The summed E-state index contributed by atoms with van der Waals surface area (Å²) in [6.45, 7) is 7.38. The van der Waals surface area contributed by atoms with Crippen LogP contribution >= 0.6 is 11.8 Å². The van der Waals surface area contributed by atoms with Gasteiger partial charge in [-0.2, -0.15) is 4.99 Å². The van der Waals surface area contributed by atoms with Crippen LogP contribution in [0.3, 0.4) is 0 Å². The van der Waals surface area contributed by atoms with Crippen LogP contribution in [0.2, 0.25) is 0 Å². The lowest BCUT2D eigenvalue weighted by molar-refractivity contribution is -0.113. The molecule has 6 nitrogen and oxygen atoms in total. The zero-order valence-corrected chi connectivity index (χ0v) is 14.3. The van der Waals surface area contributed by atoms with Crippen molar-refractivity contribution in [3.63, 3.8) is 0 Å². The Hall–Kier alpha value is -1.99. The van der Waals surface area contributed by atoms with Gasteiger partial charge in [0.25, 0.3) is 5.91 Å². The van der Waals surface area contributed by atoms with Crippen molar-refractivity contribution in [1.29, 1.82) is 0 Å². The third-order valence-corrected chi connectivity index (χ3v) is 5.44. The van der Waals surface area contributed by atoms with Gasteiger partial charge in [-0.15, -0.1) is 0 Å². The van der Waals surface area contributed by atoms with E-state index in [1.54, 1.807) is 0 Å². The highest BCUT2D eigenvalue weighted by atomic mass is 32.2. The highest BCUT2D eigenvalue weighted by Gasteiger charge is 2.28. The van der Waals surface area contributed by atoms with Crippen molar-refractivity contribution < 1.29 is 14.3 Å². The number of ether oxygens (including phenoxy) is 2. The number of benzene rings is 1. The number of likely N-dealkylation sites (N-methyl/N-ethyl adjacent to an activating group) is 1. The molecule has 4 rings (SSSR count). The van der Waals surface area contributed by atoms with Crippen LogP contribution in [-0.4, -0.2) is 60.4 Å². The molecule has 1 saturated heterocycles. The van der Waals surface area contributed by atoms with Crippen molar-refractivity contribution in [1.82, 2.24) is 9.80 Å². The zero-order valence-electron chi connectivity index (χ0n) is 13.5. The molecule has 0 atom stereocenters. The van der Waals surface area contributed by atoms with Crippen molar-refractivity contribution in [2.45, 2.75) is 6.92 Å². The fourth-order valence-electron chi connectivity index (χ4n) is 2.94. The van der Waals surface area contributed by atoms with Crippen molar-refractivity contribution in [2.24, 2.45) is 4.99 Å². The number of nitrogens with zero attached hydrogens (tertiary/aromatic N) is 3. The molecule has 7 heteroatoms. The van der Waals surface area contributed by atoms with E-state index in [9.17, 15) is 4.79 Å². The summed E-state index contributed by atoms with van der Waals surface area (Å²) < 4.78 is 10.7. The van der Waals surface area contributed by atoms with E-state index in [0.29, 0.717) is 4.91 Å². The Balaban J connectivity index is 1.46. The second-order valence-electron chi connectivity index (χ2n) is 5.84. The third kappa shape index (κ3) is 3.01. The highest BCUT2D eigenvalue weighted by Crippen LogP contribution is 2.35. The Morgan fingerprint density at radius 3 is 2.79 bits per heavy atom. The molecule has 1 aromatic rings. The van der Waals surface area contributed by atoms with Gasteiger partial charge in [0, 0.05) is 26.2 Å². The summed E-state index contributed by atoms with van der Waals surface area (Å²) in [7, 11) is 0. The fraction of sp³-hybridized carbons (Fsp3) is 0.412. The Morgan fingerprint density at radius 2 is 2.00 bits per heavy atom. The van der Waals surface area contributed by atoms with Gasteiger partial charge < -0.3 is 19.3 Å². The monoisotopic (exact) mass is 345 g/mol. The maximum atomic E-state index is 12.2. The standard InChI is InChI=1S/C17H19N3O3S/c1-2-19-5-7-20(8-6-19)17-18-16(21)15(24-17)10-12-3-4-13-14(9-12)23-11-22-13/h3-4,9-10H,2,5-8,11H2,1H3/b15-10-. The lowest BCUT2D eigenvalue weighted by atomic mass is 10.2. The Morgan fingerprint density at radius 1 is 1.21 bits per heavy atom. The number of hydrogen-bond donors (Lipinski definition) is 0. The molecule has 24 heavy (non-hydrogen) atoms. The van der Waals surface area contributed by atoms with Crippen LogP contribution < -0.4 is 9.47 Å². The number of carbonyl (C=O) groups excluding carboxylic acids is 1. The molecule has 3 aliphatic rings. The molecule has 0 spiro atoms. The normalized spacial score (nSPS) is 22.4. The first kappa shape index (κ1) is 15.5. The van der Waals surface area contributed by atoms with Gasteiger partial charge in [0.15, 0.2) is 16.7 Å². The quantitative estimate of drug-likeness (QED) is 0.765. The van der Waals surface area contributed by atoms with E-state index in [2.05, 4.69) is 21.7 Å². The number of amides is 1. The van der Waals surface area contributed by atoms with E-state index in [1.807, 2.05) is 24.3 Å². The molecular weight excluding hydrogens is 326 g/mol. The van der Waals surface area contributed by atoms with Gasteiger partial charge in [0.05, 0.1) is 4.91 Å². The van der Waals surface area contributed by atoms with Crippen molar-refractivity contribution >= 4 is 28.9 Å². The number of amidine groups is 1. The third-order valence-electron chi connectivity index (χ3n) is 4.39. The number of rotatable bonds is 2. The minimum Gasteiger partial charge on any atom is -0.454 e. The van der Waals surface area contributed by atoms with E-state index in [1.165, 1.54) is 11.8 Å². The summed E-state index contributed by atoms with van der Waals surface area (Å²) in [5.74, 6) is 1.30. The summed E-state index contributed by atoms with van der Waals surface area (Å²) in [6.07, 6.45) is 1.87. The van der Waals surface area contributed by atoms with Crippen LogP contribution in [0.5, 0.6) is 11.5 Å². The molecule has 0 aliphatic carbocycles. The van der Waals surface area contributed by atoms with Gasteiger partial charge in [-0.1, -0.05) is 13.0 Å². The summed E-state index contributed by atoms with van der Waals surface area (Å²) in [4.78, 5) is 21.7. The summed E-state index contributed by atoms with van der Waals surface area (Å²) in [6, 6.07) is 5.68. The molecule has 1 fully saturated rings. The summed E-state index contributed by atoms with van der Waals surface area (Å²) in [5.41, 5.74) is 0.919. The molecule has 0 bridgehead atoms. The van der Waals surface area contributed by atoms with E-state index < -0.39 is 0 Å². The summed E-state index contributed by atoms with van der Waals surface area (Å²) in [5, 5.41) is 0.822. The molecule has 1 amide bonds. The van der Waals surface area contributed by atoms with Gasteiger partial charge in [0.1, 0.15) is 0 Å². The zero-order chi connectivity index (χ0) is 16.5. The number of carbonyl (C=O) groups is 1. The van der Waals surface area contributed by atoms with Crippen LogP contribution in [0.15, 0.2) is 28.1 Å². The smallest absolute Gasteiger partial charge is 0.286 e. The molecule has 0 unspecified atom stereocenters. The first-order chi connectivity index (χ1) is 11.7. The summed E-state index contributed by atoms with van der Waals surface area (Å²) >= 11 is 1.46. The maximum absolute atomic E-state index is 12.2. The molecule has 3 aliphatic heterocycles. The lowest BCUT2D eigenvalue weighted by Gasteiger charge is -2.34. The molecule has 0 radical (unpaired) electrons. The predicted molar refractivity (Wildman–Crippen MR) is 94.3 cm³/mol.